The van der Waals surface area contributed by atoms with E-state index in [1.165, 1.54) is 0 Å². The van der Waals surface area contributed by atoms with Gasteiger partial charge in [-0.15, -0.1) is 6.42 Å². The standard InChI is InChI=1S/C13H11NO/c1-3-11-6-4-7-12(10-11)14(2)13-8-5-9-15-13/h1,4-10H,2H3. The number of hydrogen-bond donors (Lipinski definition) is 0. The highest BCUT2D eigenvalue weighted by molar-refractivity contribution is 5.60. The molecule has 1 heterocycles. The Morgan fingerprint density at radius 1 is 1.27 bits per heavy atom. The molecule has 1 aromatic heterocycles. The predicted octanol–water partition coefficient (Wildman–Crippen LogP) is 3.03. The molecule has 0 fully saturated rings. The zero-order valence-corrected chi connectivity index (χ0v) is 8.47. The third kappa shape index (κ3) is 1.87. The molecule has 15 heavy (non-hydrogen) atoms. The Balaban J connectivity index is 2.34. The lowest BCUT2D eigenvalue weighted by Gasteiger charge is -2.15. The van der Waals surface area contributed by atoms with Crippen LogP contribution in [0.4, 0.5) is 11.6 Å². The van der Waals surface area contributed by atoms with E-state index in [4.69, 9.17) is 10.8 Å². The van der Waals surface area contributed by atoms with Gasteiger partial charge in [-0.2, -0.15) is 0 Å². The van der Waals surface area contributed by atoms with Crippen LogP contribution in [0.5, 0.6) is 0 Å². The minimum Gasteiger partial charge on any atom is -0.448 e. The number of hydrogen-bond acceptors (Lipinski definition) is 2. The van der Waals surface area contributed by atoms with Gasteiger partial charge in [-0.05, 0) is 24.3 Å². The van der Waals surface area contributed by atoms with E-state index in [2.05, 4.69) is 5.92 Å². The molecule has 0 spiro atoms. The van der Waals surface area contributed by atoms with Crippen molar-refractivity contribution in [2.45, 2.75) is 0 Å². The molecule has 0 N–H and O–H groups in total. The van der Waals surface area contributed by atoms with Crippen molar-refractivity contribution in [2.24, 2.45) is 0 Å². The first-order chi connectivity index (χ1) is 7.31. The number of anilines is 2. The highest BCUT2D eigenvalue weighted by Crippen LogP contribution is 2.24. The molecule has 2 heteroatoms. The molecule has 2 rings (SSSR count). The molecule has 0 aliphatic rings. The second kappa shape index (κ2) is 3.93. The first-order valence-electron chi connectivity index (χ1n) is 4.65. The van der Waals surface area contributed by atoms with Crippen molar-refractivity contribution < 1.29 is 4.42 Å². The van der Waals surface area contributed by atoms with Crippen molar-refractivity contribution in [3.8, 4) is 12.3 Å². The van der Waals surface area contributed by atoms with E-state index in [1.807, 2.05) is 48.3 Å². The van der Waals surface area contributed by atoms with Gasteiger partial charge in [-0.25, -0.2) is 0 Å². The first kappa shape index (κ1) is 9.42. The normalized spacial score (nSPS) is 9.60. The fourth-order valence-electron chi connectivity index (χ4n) is 1.39. The molecule has 0 radical (unpaired) electrons. The minimum absolute atomic E-state index is 0.796. The van der Waals surface area contributed by atoms with E-state index >= 15 is 0 Å². The van der Waals surface area contributed by atoms with E-state index in [0.717, 1.165) is 17.1 Å². The Bertz CT molecular complexity index is 479. The molecule has 1 aromatic carbocycles. The van der Waals surface area contributed by atoms with Crippen LogP contribution in [0, 0.1) is 12.3 Å². The van der Waals surface area contributed by atoms with Gasteiger partial charge in [0, 0.05) is 24.4 Å². The minimum atomic E-state index is 0.796. The summed E-state index contributed by atoms with van der Waals surface area (Å²) in [4.78, 5) is 1.95. The molecule has 0 saturated heterocycles. The lowest BCUT2D eigenvalue weighted by atomic mass is 10.2. The molecule has 2 nitrogen and oxygen atoms in total. The molecule has 0 aliphatic carbocycles. The van der Waals surface area contributed by atoms with Crippen LogP contribution in [0.2, 0.25) is 0 Å². The van der Waals surface area contributed by atoms with Crippen molar-refractivity contribution in [1.82, 2.24) is 0 Å². The summed E-state index contributed by atoms with van der Waals surface area (Å²) in [6.07, 6.45) is 7.00. The summed E-state index contributed by atoms with van der Waals surface area (Å²) in [5.41, 5.74) is 1.88. The van der Waals surface area contributed by atoms with Gasteiger partial charge in [0.05, 0.1) is 6.26 Å². The van der Waals surface area contributed by atoms with E-state index in [0.29, 0.717) is 0 Å². The number of nitrogens with zero attached hydrogens (tertiary/aromatic N) is 1. The summed E-state index contributed by atoms with van der Waals surface area (Å²) in [6.45, 7) is 0. The zero-order chi connectivity index (χ0) is 10.7. The lowest BCUT2D eigenvalue weighted by molar-refractivity contribution is 0.570. The maximum atomic E-state index is 5.35. The van der Waals surface area contributed by atoms with Gasteiger partial charge in [-0.3, -0.25) is 0 Å². The van der Waals surface area contributed by atoms with Crippen LogP contribution >= 0.6 is 0 Å². The van der Waals surface area contributed by atoms with Crippen molar-refractivity contribution in [1.29, 1.82) is 0 Å². The predicted molar refractivity (Wildman–Crippen MR) is 61.1 cm³/mol. The Labute approximate surface area is 89.1 Å². The third-order valence-electron chi connectivity index (χ3n) is 2.24. The zero-order valence-electron chi connectivity index (χ0n) is 8.47. The van der Waals surface area contributed by atoms with E-state index in [-0.39, 0.29) is 0 Å². The smallest absolute Gasteiger partial charge is 0.199 e. The molecule has 74 valence electrons. The van der Waals surface area contributed by atoms with Crippen LogP contribution in [-0.4, -0.2) is 7.05 Å². The maximum Gasteiger partial charge on any atom is 0.199 e. The monoisotopic (exact) mass is 197 g/mol. The molecule has 0 unspecified atom stereocenters. The highest BCUT2D eigenvalue weighted by atomic mass is 16.3. The molecule has 2 aromatic rings. The maximum absolute atomic E-state index is 5.35. The summed E-state index contributed by atoms with van der Waals surface area (Å²) < 4.78 is 5.30. The second-order valence-corrected chi connectivity index (χ2v) is 3.20. The third-order valence-corrected chi connectivity index (χ3v) is 2.24. The number of rotatable bonds is 2. The molecular formula is C13H11NO. The number of terminal acetylenes is 1. The average molecular weight is 197 g/mol. The van der Waals surface area contributed by atoms with Gasteiger partial charge in [-0.1, -0.05) is 12.0 Å². The van der Waals surface area contributed by atoms with E-state index in [9.17, 15) is 0 Å². The summed E-state index contributed by atoms with van der Waals surface area (Å²) in [5, 5.41) is 0. The van der Waals surface area contributed by atoms with Crippen LogP contribution in [0.15, 0.2) is 47.1 Å². The lowest BCUT2D eigenvalue weighted by Crippen LogP contribution is -2.08. The summed E-state index contributed by atoms with van der Waals surface area (Å²) in [5.74, 6) is 3.41. The fourth-order valence-corrected chi connectivity index (χ4v) is 1.39. The van der Waals surface area contributed by atoms with Crippen LogP contribution in [-0.2, 0) is 0 Å². The molecular weight excluding hydrogens is 186 g/mol. The quantitative estimate of drug-likeness (QED) is 0.688. The van der Waals surface area contributed by atoms with Crippen molar-refractivity contribution >= 4 is 11.6 Å². The summed E-state index contributed by atoms with van der Waals surface area (Å²) in [6, 6.07) is 11.5. The van der Waals surface area contributed by atoms with Crippen LogP contribution in [0.25, 0.3) is 0 Å². The molecule has 0 aliphatic heterocycles. The summed E-state index contributed by atoms with van der Waals surface area (Å²) >= 11 is 0. The van der Waals surface area contributed by atoms with Crippen LogP contribution < -0.4 is 4.90 Å². The Kier molecular flexibility index (Phi) is 2.47. The van der Waals surface area contributed by atoms with Gasteiger partial charge in [0.1, 0.15) is 0 Å². The van der Waals surface area contributed by atoms with Gasteiger partial charge >= 0.3 is 0 Å². The Morgan fingerprint density at radius 2 is 2.13 bits per heavy atom. The van der Waals surface area contributed by atoms with Crippen LogP contribution in [0.1, 0.15) is 5.56 Å². The highest BCUT2D eigenvalue weighted by Gasteiger charge is 2.05. The molecule has 0 atom stereocenters. The SMILES string of the molecule is C#Cc1cccc(N(C)c2ccco2)c1. The number of furan rings is 1. The molecule has 0 bridgehead atoms. The van der Waals surface area contributed by atoms with Crippen molar-refractivity contribution in [2.75, 3.05) is 11.9 Å². The Morgan fingerprint density at radius 3 is 2.80 bits per heavy atom. The molecule has 0 amide bonds. The first-order valence-corrected chi connectivity index (χ1v) is 4.65. The second-order valence-electron chi connectivity index (χ2n) is 3.20. The van der Waals surface area contributed by atoms with Gasteiger partial charge in [0.15, 0.2) is 5.88 Å². The van der Waals surface area contributed by atoms with E-state index in [1.54, 1.807) is 6.26 Å². The van der Waals surface area contributed by atoms with Crippen molar-refractivity contribution in [3.63, 3.8) is 0 Å². The topological polar surface area (TPSA) is 16.4 Å². The largest absolute Gasteiger partial charge is 0.448 e. The van der Waals surface area contributed by atoms with Crippen molar-refractivity contribution in [3.05, 3.63) is 48.2 Å². The number of benzene rings is 1. The molecule has 0 saturated carbocycles. The average Bonchev–Trinajstić information content (AvgIpc) is 2.81. The van der Waals surface area contributed by atoms with Gasteiger partial charge < -0.3 is 9.32 Å². The van der Waals surface area contributed by atoms with E-state index < -0.39 is 0 Å². The van der Waals surface area contributed by atoms with Crippen LogP contribution in [0.3, 0.4) is 0 Å². The Hall–Kier alpha value is -2.14. The van der Waals surface area contributed by atoms with Gasteiger partial charge in [0.25, 0.3) is 0 Å². The fraction of sp³-hybridized carbons (Fsp3) is 0.0769. The summed E-state index contributed by atoms with van der Waals surface area (Å²) in [7, 11) is 1.94. The van der Waals surface area contributed by atoms with Gasteiger partial charge in [0.2, 0.25) is 0 Å².